The third-order valence-corrected chi connectivity index (χ3v) is 7.36. The first-order valence-electron chi connectivity index (χ1n) is 12.3. The maximum absolute atomic E-state index is 14.9. The number of aromatic nitrogens is 2. The number of rotatable bonds is 6. The molecule has 1 aromatic heterocycles. The first-order chi connectivity index (χ1) is 17.2. The lowest BCUT2D eigenvalue weighted by molar-refractivity contribution is -0.134. The number of amides is 2. The Hall–Kier alpha value is -3.30. The molecular formula is C27H31FN4O4. The van der Waals surface area contributed by atoms with Crippen LogP contribution in [-0.4, -0.2) is 44.8 Å². The van der Waals surface area contributed by atoms with Crippen LogP contribution in [0.15, 0.2) is 48.5 Å². The summed E-state index contributed by atoms with van der Waals surface area (Å²) < 4.78 is 22.7. The third kappa shape index (κ3) is 4.60. The smallest absolute Gasteiger partial charge is 0.251 e. The van der Waals surface area contributed by atoms with Crippen LogP contribution in [-0.2, 0) is 21.7 Å². The van der Waals surface area contributed by atoms with Gasteiger partial charge >= 0.3 is 0 Å². The Kier molecular flexibility index (Phi) is 6.30. The van der Waals surface area contributed by atoms with Gasteiger partial charge in [0.2, 0.25) is 5.91 Å². The summed E-state index contributed by atoms with van der Waals surface area (Å²) in [4.78, 5) is 29.8. The van der Waals surface area contributed by atoms with Crippen molar-refractivity contribution < 1.29 is 23.9 Å². The molecule has 9 heteroatoms. The van der Waals surface area contributed by atoms with Crippen LogP contribution >= 0.6 is 0 Å². The normalized spacial score (nSPS) is 23.9. The number of halogens is 1. The Balaban J connectivity index is 1.33. The predicted octanol–water partition coefficient (Wildman–Crippen LogP) is 3.85. The van der Waals surface area contributed by atoms with E-state index in [-0.39, 0.29) is 5.91 Å². The Morgan fingerprint density at radius 3 is 2.61 bits per heavy atom. The molecule has 3 N–H and O–H groups in total. The Morgan fingerprint density at radius 2 is 1.94 bits per heavy atom. The van der Waals surface area contributed by atoms with E-state index in [4.69, 9.17) is 4.74 Å². The summed E-state index contributed by atoms with van der Waals surface area (Å²) in [7, 11) is 0. The highest BCUT2D eigenvalue weighted by Gasteiger charge is 2.51. The number of nitrogens with one attached hydrogen (secondary N) is 2. The molecule has 0 radical (unpaired) electrons. The van der Waals surface area contributed by atoms with Crippen LogP contribution in [0.5, 0.6) is 0 Å². The number of hydrogen-bond donors (Lipinski definition) is 3. The molecule has 1 aliphatic carbocycles. The quantitative estimate of drug-likeness (QED) is 0.357. The van der Waals surface area contributed by atoms with Crippen LogP contribution in [0.1, 0.15) is 61.3 Å². The number of para-hydroxylation sites is 2. The average Bonchev–Trinajstić information content (AvgIpc) is 3.57. The molecular weight excluding hydrogens is 463 g/mol. The highest BCUT2D eigenvalue weighted by atomic mass is 19.1. The summed E-state index contributed by atoms with van der Waals surface area (Å²) in [5, 5.41) is 12.2. The number of ether oxygens (including phenoxy) is 1. The maximum Gasteiger partial charge on any atom is 0.251 e. The standard InChI is InChI=1S/C27H31FN4O4/c1-26(2,28)25-30-20-6-3-4-7-22(20)32(25)16-17-8-10-18(11-9-17)23(33)29-21-15-27(12-5-13-36-27)14-19(21)24(34)31-35/h3-4,6-11,19,21,35H,5,12-16H2,1-2H3,(H,29,33)(H,31,34)/t19-,21+,27+/m0/s1. The number of hydroxylamine groups is 1. The van der Waals surface area contributed by atoms with Crippen LogP contribution < -0.4 is 10.8 Å². The van der Waals surface area contributed by atoms with Gasteiger partial charge < -0.3 is 14.6 Å². The number of alkyl halides is 1. The fraction of sp³-hybridized carbons (Fsp3) is 0.444. The molecule has 3 aromatic rings. The molecule has 2 aliphatic rings. The second-order valence-electron chi connectivity index (χ2n) is 10.4. The Labute approximate surface area is 208 Å². The molecule has 190 valence electrons. The highest BCUT2D eigenvalue weighted by Crippen LogP contribution is 2.44. The lowest BCUT2D eigenvalue weighted by Crippen LogP contribution is -2.43. The molecule has 3 atom stereocenters. The average molecular weight is 495 g/mol. The lowest BCUT2D eigenvalue weighted by atomic mass is 9.96. The fourth-order valence-electron chi connectivity index (χ4n) is 5.64. The monoisotopic (exact) mass is 494 g/mol. The van der Waals surface area contributed by atoms with Crippen molar-refractivity contribution in [1.29, 1.82) is 0 Å². The molecule has 1 spiro atoms. The second-order valence-corrected chi connectivity index (χ2v) is 10.4. The Bertz CT molecular complexity index is 1280. The summed E-state index contributed by atoms with van der Waals surface area (Å²) >= 11 is 0. The molecule has 8 nitrogen and oxygen atoms in total. The summed E-state index contributed by atoms with van der Waals surface area (Å²) in [5.41, 5.74) is 2.63. The van der Waals surface area contributed by atoms with Gasteiger partial charge in [-0.25, -0.2) is 14.9 Å². The molecule has 2 heterocycles. The number of fused-ring (bicyclic) bond motifs is 1. The molecule has 5 rings (SSSR count). The largest absolute Gasteiger partial charge is 0.375 e. The number of hydrogen-bond acceptors (Lipinski definition) is 5. The van der Waals surface area contributed by atoms with Crippen molar-refractivity contribution in [2.45, 2.75) is 63.4 Å². The van der Waals surface area contributed by atoms with E-state index < -0.39 is 29.1 Å². The van der Waals surface area contributed by atoms with E-state index in [0.717, 1.165) is 29.4 Å². The van der Waals surface area contributed by atoms with Gasteiger partial charge in [-0.2, -0.15) is 0 Å². The molecule has 1 saturated carbocycles. The van der Waals surface area contributed by atoms with E-state index in [1.54, 1.807) is 17.6 Å². The van der Waals surface area contributed by atoms with E-state index in [9.17, 15) is 19.2 Å². The van der Waals surface area contributed by atoms with Gasteiger partial charge in [0.1, 0.15) is 5.82 Å². The van der Waals surface area contributed by atoms with Gasteiger partial charge in [0, 0.05) is 24.8 Å². The minimum absolute atomic E-state index is 0.295. The summed E-state index contributed by atoms with van der Waals surface area (Å²) in [6.45, 7) is 4.04. The van der Waals surface area contributed by atoms with Crippen LogP contribution in [0.4, 0.5) is 4.39 Å². The molecule has 2 aromatic carbocycles. The van der Waals surface area contributed by atoms with Crippen molar-refractivity contribution in [3.63, 3.8) is 0 Å². The van der Waals surface area contributed by atoms with Crippen molar-refractivity contribution in [3.8, 4) is 0 Å². The molecule has 2 amide bonds. The van der Waals surface area contributed by atoms with Gasteiger partial charge in [-0.3, -0.25) is 14.8 Å². The minimum atomic E-state index is -1.61. The zero-order valence-electron chi connectivity index (χ0n) is 20.5. The second kappa shape index (κ2) is 9.29. The van der Waals surface area contributed by atoms with Crippen LogP contribution in [0.25, 0.3) is 11.0 Å². The van der Waals surface area contributed by atoms with E-state index in [1.165, 1.54) is 13.8 Å². The lowest BCUT2D eigenvalue weighted by Gasteiger charge is -2.22. The van der Waals surface area contributed by atoms with Gasteiger partial charge in [-0.05, 0) is 69.4 Å². The van der Waals surface area contributed by atoms with Crippen molar-refractivity contribution in [1.82, 2.24) is 20.3 Å². The SMILES string of the molecule is CC(C)(F)c1nc2ccccc2n1Cc1ccc(C(=O)N[C@@H]2C[C@@]3(CCCO3)C[C@@H]2C(=O)NO)cc1. The molecule has 1 saturated heterocycles. The predicted molar refractivity (Wildman–Crippen MR) is 131 cm³/mol. The number of carbonyl (C=O) groups excluding carboxylic acids is 2. The zero-order valence-corrected chi connectivity index (χ0v) is 20.5. The molecule has 2 fully saturated rings. The van der Waals surface area contributed by atoms with E-state index >= 15 is 0 Å². The van der Waals surface area contributed by atoms with Gasteiger partial charge in [0.05, 0.1) is 22.6 Å². The summed E-state index contributed by atoms with van der Waals surface area (Å²) in [6, 6.07) is 14.3. The molecule has 1 aliphatic heterocycles. The number of nitrogens with zero attached hydrogens (tertiary/aromatic N) is 2. The zero-order chi connectivity index (χ0) is 25.5. The van der Waals surface area contributed by atoms with Crippen molar-refractivity contribution in [2.24, 2.45) is 5.92 Å². The van der Waals surface area contributed by atoms with Crippen LogP contribution in [0.3, 0.4) is 0 Å². The van der Waals surface area contributed by atoms with Crippen LogP contribution in [0, 0.1) is 5.92 Å². The number of imidazole rings is 1. The molecule has 0 unspecified atom stereocenters. The van der Waals surface area contributed by atoms with Gasteiger partial charge in [-0.15, -0.1) is 0 Å². The van der Waals surface area contributed by atoms with E-state index in [2.05, 4.69) is 10.3 Å². The topological polar surface area (TPSA) is 105 Å². The highest BCUT2D eigenvalue weighted by molar-refractivity contribution is 5.95. The van der Waals surface area contributed by atoms with Crippen molar-refractivity contribution in [3.05, 3.63) is 65.5 Å². The minimum Gasteiger partial charge on any atom is -0.375 e. The first-order valence-corrected chi connectivity index (χ1v) is 12.3. The van der Waals surface area contributed by atoms with Crippen molar-refractivity contribution in [2.75, 3.05) is 6.61 Å². The summed E-state index contributed by atoms with van der Waals surface area (Å²) in [5.74, 6) is -1.02. The van der Waals surface area contributed by atoms with Crippen molar-refractivity contribution >= 4 is 22.8 Å². The fourth-order valence-corrected chi connectivity index (χ4v) is 5.64. The third-order valence-electron chi connectivity index (χ3n) is 7.36. The summed E-state index contributed by atoms with van der Waals surface area (Å²) in [6.07, 6.45) is 2.76. The molecule has 36 heavy (non-hydrogen) atoms. The van der Waals surface area contributed by atoms with Crippen LogP contribution in [0.2, 0.25) is 0 Å². The first kappa shape index (κ1) is 24.4. The van der Waals surface area contributed by atoms with E-state index in [1.807, 2.05) is 41.0 Å². The maximum atomic E-state index is 14.9. The molecule has 0 bridgehead atoms. The van der Waals surface area contributed by atoms with Gasteiger partial charge in [-0.1, -0.05) is 24.3 Å². The number of carbonyl (C=O) groups is 2. The number of benzene rings is 2. The van der Waals surface area contributed by atoms with E-state index in [0.29, 0.717) is 37.4 Å². The van der Waals surface area contributed by atoms with Gasteiger partial charge in [0.25, 0.3) is 5.91 Å². The Morgan fingerprint density at radius 1 is 1.19 bits per heavy atom. The van der Waals surface area contributed by atoms with Gasteiger partial charge in [0.15, 0.2) is 5.67 Å².